The molecule has 0 amide bonds. The molecule has 0 saturated heterocycles. The Morgan fingerprint density at radius 2 is 1.35 bits per heavy atom. The largest absolute Gasteiger partial charge is 0.480 e. The Bertz CT molecular complexity index is 802. The molecule has 0 rings (SSSR count). The fourth-order valence-corrected chi connectivity index (χ4v) is 4.07. The third kappa shape index (κ3) is 23.8. The van der Waals surface area contributed by atoms with Crippen LogP contribution >= 0.6 is 7.82 Å². The van der Waals surface area contributed by atoms with Crippen LogP contribution in [-0.2, 0) is 37.5 Å². The predicted octanol–water partition coefficient (Wildman–Crippen LogP) is 5.60. The molecule has 4 N–H and O–H groups in total. The topological polar surface area (TPSA) is 172 Å². The number of ether oxygens (including phenoxy) is 2. The zero-order valence-electron chi connectivity index (χ0n) is 24.2. The maximum atomic E-state index is 12.3. The summed E-state index contributed by atoms with van der Waals surface area (Å²) < 4.78 is 31.9. The summed E-state index contributed by atoms with van der Waals surface area (Å²) in [4.78, 5) is 44.7. The van der Waals surface area contributed by atoms with Crippen molar-refractivity contribution in [3.63, 3.8) is 0 Å². The van der Waals surface area contributed by atoms with Gasteiger partial charge in [-0.15, -0.1) is 0 Å². The van der Waals surface area contributed by atoms with Gasteiger partial charge in [0.1, 0.15) is 12.6 Å². The van der Waals surface area contributed by atoms with E-state index < -0.39 is 51.1 Å². The van der Waals surface area contributed by atoms with E-state index in [9.17, 15) is 23.8 Å². The molecule has 232 valence electrons. The van der Waals surface area contributed by atoms with Gasteiger partial charge in [-0.3, -0.25) is 23.4 Å². The molecule has 12 heteroatoms. The molecule has 0 aliphatic rings. The van der Waals surface area contributed by atoms with Gasteiger partial charge in [0.15, 0.2) is 6.10 Å². The molecule has 11 nitrogen and oxygen atoms in total. The summed E-state index contributed by atoms with van der Waals surface area (Å²) in [5.41, 5.74) is 5.25. The predicted molar refractivity (Wildman–Crippen MR) is 152 cm³/mol. The number of phosphoric acid groups is 1. The van der Waals surface area contributed by atoms with Gasteiger partial charge < -0.3 is 25.2 Å². The maximum absolute atomic E-state index is 12.3. The second-order valence-electron chi connectivity index (χ2n) is 9.53. The molecule has 0 saturated carbocycles. The molecule has 0 spiro atoms. The quantitative estimate of drug-likeness (QED) is 0.0495. The number of carboxylic acids is 1. The van der Waals surface area contributed by atoms with Crippen LogP contribution in [0.15, 0.2) is 24.3 Å². The first kappa shape index (κ1) is 38.0. The Morgan fingerprint density at radius 3 is 2.00 bits per heavy atom. The molecular formula is C28H50NO10P. The molecule has 0 heterocycles. The summed E-state index contributed by atoms with van der Waals surface area (Å²) in [5.74, 6) is -2.45. The lowest BCUT2D eigenvalue weighted by molar-refractivity contribution is -0.161. The third-order valence-electron chi connectivity index (χ3n) is 5.70. The van der Waals surface area contributed by atoms with Gasteiger partial charge in [-0.25, -0.2) is 4.57 Å². The molecule has 0 fully saturated rings. The van der Waals surface area contributed by atoms with E-state index in [0.29, 0.717) is 12.8 Å². The van der Waals surface area contributed by atoms with Crippen molar-refractivity contribution >= 4 is 25.7 Å². The van der Waals surface area contributed by atoms with Crippen LogP contribution in [-0.4, -0.2) is 59.9 Å². The molecule has 0 aliphatic carbocycles. The number of phosphoric ester groups is 1. The number of aliphatic carboxylic acids is 1. The van der Waals surface area contributed by atoms with Crippen LogP contribution < -0.4 is 5.73 Å². The number of hydrogen-bond donors (Lipinski definition) is 3. The van der Waals surface area contributed by atoms with E-state index in [1.54, 1.807) is 0 Å². The maximum Gasteiger partial charge on any atom is 0.472 e. The minimum absolute atomic E-state index is 0.144. The van der Waals surface area contributed by atoms with Gasteiger partial charge in [-0.05, 0) is 38.5 Å². The summed E-state index contributed by atoms with van der Waals surface area (Å²) in [5, 5.41) is 8.75. The van der Waals surface area contributed by atoms with E-state index >= 15 is 0 Å². The zero-order valence-corrected chi connectivity index (χ0v) is 25.1. The Kier molecular flexibility index (Phi) is 23.5. The highest BCUT2D eigenvalue weighted by molar-refractivity contribution is 7.47. The molecule has 40 heavy (non-hydrogen) atoms. The smallest absolute Gasteiger partial charge is 0.472 e. The van der Waals surface area contributed by atoms with Crippen LogP contribution in [0.3, 0.4) is 0 Å². The van der Waals surface area contributed by atoms with Crippen LogP contribution in [0.25, 0.3) is 0 Å². The fraction of sp³-hybridized carbons (Fsp3) is 0.750. The summed E-state index contributed by atoms with van der Waals surface area (Å²) in [6.45, 7) is 2.40. The van der Waals surface area contributed by atoms with E-state index in [-0.39, 0.29) is 19.4 Å². The highest BCUT2D eigenvalue weighted by atomic mass is 31.2. The first-order valence-electron chi connectivity index (χ1n) is 14.4. The number of rotatable bonds is 26. The molecule has 0 aromatic heterocycles. The van der Waals surface area contributed by atoms with Crippen LogP contribution in [0.4, 0.5) is 0 Å². The molecule has 0 aliphatic heterocycles. The van der Waals surface area contributed by atoms with E-state index in [4.69, 9.17) is 24.8 Å². The number of carbonyl (C=O) groups is 3. The highest BCUT2D eigenvalue weighted by Crippen LogP contribution is 2.43. The van der Waals surface area contributed by atoms with Crippen LogP contribution in [0.1, 0.15) is 104 Å². The fourth-order valence-electron chi connectivity index (χ4n) is 3.29. The summed E-state index contributed by atoms with van der Waals surface area (Å²) >= 11 is 0. The van der Waals surface area contributed by atoms with Crippen LogP contribution in [0, 0.1) is 0 Å². The normalized spacial score (nSPS) is 14.7. The van der Waals surface area contributed by atoms with E-state index in [1.165, 1.54) is 12.8 Å². The van der Waals surface area contributed by atoms with Crippen molar-refractivity contribution in [1.29, 1.82) is 0 Å². The van der Waals surface area contributed by atoms with Crippen molar-refractivity contribution < 1.29 is 47.5 Å². The minimum atomic E-state index is -4.68. The first-order chi connectivity index (χ1) is 19.1. The van der Waals surface area contributed by atoms with Gasteiger partial charge >= 0.3 is 25.7 Å². The average Bonchev–Trinajstić information content (AvgIpc) is 2.92. The van der Waals surface area contributed by atoms with Gasteiger partial charge in [0, 0.05) is 12.8 Å². The number of hydrogen-bond acceptors (Lipinski definition) is 9. The second kappa shape index (κ2) is 24.7. The SMILES string of the molecule is CCCC/C=C\C/C=C\CCCCCCCC(=O)OC(COC(=O)CCCC)COP(=O)(O)OCC(N)C(=O)O. The number of allylic oxidation sites excluding steroid dienone is 4. The van der Waals surface area contributed by atoms with E-state index in [2.05, 4.69) is 35.8 Å². The standard InChI is InChI=1S/C28H50NO10P/c1-3-5-7-8-9-10-11-12-13-14-15-16-17-18-20-27(31)39-24(21-36-26(30)19-6-4-2)22-37-40(34,35)38-23-25(29)28(32)33/h8-9,11-12,24-25H,3-7,10,13-23,29H2,1-2H3,(H,32,33)(H,34,35)/b9-8-,12-11-. The van der Waals surface area contributed by atoms with Crippen LogP contribution in [0.2, 0.25) is 0 Å². The van der Waals surface area contributed by atoms with Gasteiger partial charge in [0.2, 0.25) is 0 Å². The molecule has 3 unspecified atom stereocenters. The number of carboxylic acid groups (broad SMARTS) is 1. The summed E-state index contributed by atoms with van der Waals surface area (Å²) in [7, 11) is -4.68. The number of nitrogens with two attached hydrogens (primary N) is 1. The van der Waals surface area contributed by atoms with Gasteiger partial charge in [0.05, 0.1) is 13.2 Å². The van der Waals surface area contributed by atoms with E-state index in [1.807, 2.05) is 6.92 Å². The summed E-state index contributed by atoms with van der Waals surface area (Å²) in [6.07, 6.45) is 19.7. The number of unbranched alkanes of at least 4 members (excludes halogenated alkanes) is 8. The van der Waals surface area contributed by atoms with Crippen LogP contribution in [0.5, 0.6) is 0 Å². The van der Waals surface area contributed by atoms with Gasteiger partial charge in [-0.2, -0.15) is 0 Å². The van der Waals surface area contributed by atoms with Crippen molar-refractivity contribution in [2.24, 2.45) is 5.73 Å². The first-order valence-corrected chi connectivity index (χ1v) is 15.9. The third-order valence-corrected chi connectivity index (χ3v) is 6.65. The Morgan fingerprint density at radius 1 is 0.775 bits per heavy atom. The lowest BCUT2D eigenvalue weighted by atomic mass is 10.1. The lowest BCUT2D eigenvalue weighted by Crippen LogP contribution is -2.34. The van der Waals surface area contributed by atoms with Crippen molar-refractivity contribution in [3.05, 3.63) is 24.3 Å². The Labute approximate surface area is 239 Å². The molecule has 0 aromatic rings. The Hall–Kier alpha value is -2.04. The molecule has 3 atom stereocenters. The molecule has 0 bridgehead atoms. The number of esters is 2. The van der Waals surface area contributed by atoms with Gasteiger partial charge in [0.25, 0.3) is 0 Å². The monoisotopic (exact) mass is 591 g/mol. The Balaban J connectivity index is 4.39. The molecular weight excluding hydrogens is 541 g/mol. The van der Waals surface area contributed by atoms with Gasteiger partial charge in [-0.1, -0.05) is 76.7 Å². The number of carbonyl (C=O) groups excluding carboxylic acids is 2. The zero-order chi connectivity index (χ0) is 30.1. The lowest BCUT2D eigenvalue weighted by Gasteiger charge is -2.20. The second-order valence-corrected chi connectivity index (χ2v) is 11.0. The van der Waals surface area contributed by atoms with Crippen molar-refractivity contribution in [2.45, 2.75) is 116 Å². The molecule has 0 aromatic carbocycles. The average molecular weight is 592 g/mol. The van der Waals surface area contributed by atoms with Crippen molar-refractivity contribution in [1.82, 2.24) is 0 Å². The molecule has 0 radical (unpaired) electrons. The van der Waals surface area contributed by atoms with E-state index in [0.717, 1.165) is 51.4 Å². The minimum Gasteiger partial charge on any atom is -0.480 e. The summed E-state index contributed by atoms with van der Waals surface area (Å²) in [6, 6.07) is -1.52. The van der Waals surface area contributed by atoms with Crippen molar-refractivity contribution in [2.75, 3.05) is 19.8 Å². The van der Waals surface area contributed by atoms with Crippen molar-refractivity contribution in [3.8, 4) is 0 Å². The highest BCUT2D eigenvalue weighted by Gasteiger charge is 2.28.